The van der Waals surface area contributed by atoms with E-state index in [1.54, 1.807) is 22.2 Å². The van der Waals surface area contributed by atoms with E-state index in [0.29, 0.717) is 6.54 Å². The molecule has 0 saturated heterocycles. The van der Waals surface area contributed by atoms with E-state index in [-0.39, 0.29) is 5.56 Å². The fourth-order valence-electron chi connectivity index (χ4n) is 3.41. The van der Waals surface area contributed by atoms with Crippen LogP contribution in [0.5, 0.6) is 0 Å². The van der Waals surface area contributed by atoms with E-state index < -0.39 is 0 Å². The first-order chi connectivity index (χ1) is 12.9. The van der Waals surface area contributed by atoms with Crippen molar-refractivity contribution in [3.63, 3.8) is 0 Å². The largest absolute Gasteiger partial charge is 0.294 e. The smallest absolute Gasteiger partial charge is 0.263 e. The van der Waals surface area contributed by atoms with Crippen molar-refractivity contribution < 1.29 is 0 Å². The highest BCUT2D eigenvalue weighted by Crippen LogP contribution is 2.37. The van der Waals surface area contributed by atoms with Crippen LogP contribution in [0.1, 0.15) is 21.6 Å². The summed E-state index contributed by atoms with van der Waals surface area (Å²) in [6.07, 6.45) is 1.66. The summed E-state index contributed by atoms with van der Waals surface area (Å²) in [5.74, 6) is 0. The molecular formula is C22H19BrN2OS. The second-order valence-corrected chi connectivity index (χ2v) is 8.96. The Bertz CT molecular complexity index is 1220. The molecule has 0 aliphatic heterocycles. The van der Waals surface area contributed by atoms with Crippen molar-refractivity contribution in [1.29, 1.82) is 0 Å². The molecule has 2 aromatic carbocycles. The number of fused-ring (bicyclic) bond motifs is 1. The summed E-state index contributed by atoms with van der Waals surface area (Å²) in [5, 5.41) is 0.726. The number of halogens is 1. The zero-order valence-electron chi connectivity index (χ0n) is 15.4. The van der Waals surface area contributed by atoms with Gasteiger partial charge in [-0.1, -0.05) is 51.8 Å². The highest BCUT2D eigenvalue weighted by Gasteiger charge is 2.18. The van der Waals surface area contributed by atoms with Crippen molar-refractivity contribution in [3.8, 4) is 11.1 Å². The lowest BCUT2D eigenvalue weighted by atomic mass is 9.97. The molecule has 2 aromatic heterocycles. The van der Waals surface area contributed by atoms with Crippen LogP contribution in [0.15, 0.2) is 58.1 Å². The average molecular weight is 439 g/mol. The number of nitrogens with zero attached hydrogens (tertiary/aromatic N) is 2. The summed E-state index contributed by atoms with van der Waals surface area (Å²) in [6.45, 7) is 6.74. The number of benzene rings is 2. The molecule has 0 radical (unpaired) electrons. The maximum atomic E-state index is 13.3. The molecule has 0 amide bonds. The lowest BCUT2D eigenvalue weighted by Crippen LogP contribution is -2.21. The Balaban J connectivity index is 1.92. The first kappa shape index (κ1) is 18.1. The van der Waals surface area contributed by atoms with Gasteiger partial charge in [0.05, 0.1) is 18.3 Å². The predicted molar refractivity (Wildman–Crippen MR) is 117 cm³/mol. The van der Waals surface area contributed by atoms with Gasteiger partial charge < -0.3 is 0 Å². The van der Waals surface area contributed by atoms with Crippen molar-refractivity contribution in [2.24, 2.45) is 0 Å². The maximum absolute atomic E-state index is 13.3. The van der Waals surface area contributed by atoms with Crippen LogP contribution in [0.4, 0.5) is 0 Å². The lowest BCUT2D eigenvalue weighted by Gasteiger charge is -2.09. The number of aromatic nitrogens is 2. The van der Waals surface area contributed by atoms with Crippen LogP contribution in [0.3, 0.4) is 0 Å². The Labute approximate surface area is 170 Å². The second-order valence-electron chi connectivity index (χ2n) is 6.84. The second kappa shape index (κ2) is 7.06. The Kier molecular flexibility index (Phi) is 4.74. The third-order valence-electron chi connectivity index (χ3n) is 4.76. The minimum atomic E-state index is 0.0141. The fourth-order valence-corrected chi connectivity index (χ4v) is 4.85. The van der Waals surface area contributed by atoms with E-state index in [0.717, 1.165) is 36.3 Å². The number of hydrogen-bond donors (Lipinski definition) is 0. The molecule has 0 bridgehead atoms. The van der Waals surface area contributed by atoms with Crippen molar-refractivity contribution in [3.05, 3.63) is 85.2 Å². The van der Waals surface area contributed by atoms with Crippen LogP contribution in [0.2, 0.25) is 0 Å². The van der Waals surface area contributed by atoms with E-state index in [1.807, 2.05) is 24.3 Å². The van der Waals surface area contributed by atoms with E-state index >= 15 is 0 Å². The first-order valence-electron chi connectivity index (χ1n) is 8.74. The van der Waals surface area contributed by atoms with E-state index in [1.165, 1.54) is 11.1 Å². The SMILES string of the molecule is Cc1ccc(C)c(-c2c(C)sc3ncn(Cc4cccc(Br)c4)c(=O)c23)c1. The summed E-state index contributed by atoms with van der Waals surface area (Å²) in [4.78, 5) is 19.9. The van der Waals surface area contributed by atoms with E-state index in [4.69, 9.17) is 0 Å². The molecule has 136 valence electrons. The van der Waals surface area contributed by atoms with Gasteiger partial charge in [0.2, 0.25) is 0 Å². The van der Waals surface area contributed by atoms with Gasteiger partial charge in [0.15, 0.2) is 0 Å². The minimum Gasteiger partial charge on any atom is -0.294 e. The quantitative estimate of drug-likeness (QED) is 0.401. The standard InChI is InChI=1S/C22H19BrN2OS/c1-13-7-8-14(2)18(9-13)19-15(3)27-21-20(19)22(26)25(12-24-21)11-16-5-4-6-17(23)10-16/h4-10,12H,11H2,1-3H3. The molecule has 2 heterocycles. The van der Waals surface area contributed by atoms with Crippen molar-refractivity contribution in [1.82, 2.24) is 9.55 Å². The number of hydrogen-bond acceptors (Lipinski definition) is 3. The van der Waals surface area contributed by atoms with Gasteiger partial charge >= 0.3 is 0 Å². The van der Waals surface area contributed by atoms with Gasteiger partial charge in [0.25, 0.3) is 5.56 Å². The van der Waals surface area contributed by atoms with Crippen LogP contribution >= 0.6 is 27.3 Å². The number of aryl methyl sites for hydroxylation is 3. The Morgan fingerprint density at radius 2 is 1.93 bits per heavy atom. The minimum absolute atomic E-state index is 0.0141. The monoisotopic (exact) mass is 438 g/mol. The van der Waals surface area contributed by atoms with Crippen LogP contribution < -0.4 is 5.56 Å². The molecule has 4 rings (SSSR count). The predicted octanol–water partition coefficient (Wildman–Crippen LogP) is 5.86. The van der Waals surface area contributed by atoms with Gasteiger partial charge in [-0.05, 0) is 49.6 Å². The molecule has 0 aliphatic rings. The Hall–Kier alpha value is -2.24. The van der Waals surface area contributed by atoms with Gasteiger partial charge in [-0.15, -0.1) is 11.3 Å². The highest BCUT2D eigenvalue weighted by atomic mass is 79.9. The van der Waals surface area contributed by atoms with Crippen molar-refractivity contribution in [2.75, 3.05) is 0 Å². The Morgan fingerprint density at radius 1 is 1.11 bits per heavy atom. The molecule has 3 nitrogen and oxygen atoms in total. The van der Waals surface area contributed by atoms with Gasteiger partial charge in [-0.3, -0.25) is 9.36 Å². The fraction of sp³-hybridized carbons (Fsp3) is 0.182. The van der Waals surface area contributed by atoms with Crippen LogP contribution in [0.25, 0.3) is 21.3 Å². The summed E-state index contributed by atoms with van der Waals surface area (Å²) in [5.41, 5.74) is 5.58. The molecule has 0 saturated carbocycles. The van der Waals surface area contributed by atoms with Crippen molar-refractivity contribution >= 4 is 37.5 Å². The lowest BCUT2D eigenvalue weighted by molar-refractivity contribution is 0.749. The summed E-state index contributed by atoms with van der Waals surface area (Å²) >= 11 is 5.08. The molecule has 27 heavy (non-hydrogen) atoms. The topological polar surface area (TPSA) is 34.9 Å². The summed E-state index contributed by atoms with van der Waals surface area (Å²) in [6, 6.07) is 14.4. The zero-order valence-corrected chi connectivity index (χ0v) is 17.8. The van der Waals surface area contributed by atoms with Gasteiger partial charge in [0, 0.05) is 14.9 Å². The molecule has 4 aromatic rings. The van der Waals surface area contributed by atoms with Gasteiger partial charge in [0.1, 0.15) is 4.83 Å². The molecule has 0 atom stereocenters. The number of rotatable bonds is 3. The van der Waals surface area contributed by atoms with E-state index in [2.05, 4.69) is 59.9 Å². The molecule has 0 aliphatic carbocycles. The highest BCUT2D eigenvalue weighted by molar-refractivity contribution is 9.10. The third-order valence-corrected chi connectivity index (χ3v) is 6.27. The molecule has 0 unspecified atom stereocenters. The maximum Gasteiger partial charge on any atom is 0.263 e. The molecule has 0 spiro atoms. The molecule has 5 heteroatoms. The number of thiophene rings is 1. The molecule has 0 N–H and O–H groups in total. The normalized spacial score (nSPS) is 11.3. The van der Waals surface area contributed by atoms with Gasteiger partial charge in [-0.25, -0.2) is 4.98 Å². The van der Waals surface area contributed by atoms with Crippen LogP contribution in [-0.2, 0) is 6.54 Å². The van der Waals surface area contributed by atoms with Gasteiger partial charge in [-0.2, -0.15) is 0 Å². The zero-order chi connectivity index (χ0) is 19.1. The summed E-state index contributed by atoms with van der Waals surface area (Å²) in [7, 11) is 0. The van der Waals surface area contributed by atoms with E-state index in [9.17, 15) is 4.79 Å². The van der Waals surface area contributed by atoms with Crippen molar-refractivity contribution in [2.45, 2.75) is 27.3 Å². The average Bonchev–Trinajstić information content (AvgIpc) is 2.96. The first-order valence-corrected chi connectivity index (χ1v) is 10.4. The Morgan fingerprint density at radius 3 is 2.70 bits per heavy atom. The molecular weight excluding hydrogens is 420 g/mol. The third kappa shape index (κ3) is 3.37. The summed E-state index contributed by atoms with van der Waals surface area (Å²) < 4.78 is 2.70. The van der Waals surface area contributed by atoms with Crippen LogP contribution in [0, 0.1) is 20.8 Å². The van der Waals surface area contributed by atoms with Crippen LogP contribution in [-0.4, -0.2) is 9.55 Å². The molecule has 0 fully saturated rings.